The van der Waals surface area contributed by atoms with Crippen molar-refractivity contribution in [1.82, 2.24) is 15.1 Å². The molecule has 1 heterocycles. The molecule has 1 saturated heterocycles. The molecule has 5 nitrogen and oxygen atoms in total. The van der Waals surface area contributed by atoms with Crippen molar-refractivity contribution in [3.8, 4) is 0 Å². The maximum absolute atomic E-state index is 13.1. The van der Waals surface area contributed by atoms with Crippen molar-refractivity contribution in [1.29, 1.82) is 0 Å². The summed E-state index contributed by atoms with van der Waals surface area (Å²) in [6, 6.07) is 8.46. The Labute approximate surface area is 155 Å². The number of urea groups is 1. The molecular formula is C21H27N3O2. The molecule has 3 aliphatic rings. The predicted octanol–water partition coefficient (Wildman–Crippen LogP) is 3.37. The highest BCUT2D eigenvalue weighted by molar-refractivity contribution is 6.07. The van der Waals surface area contributed by atoms with Gasteiger partial charge in [0.1, 0.15) is 5.54 Å². The van der Waals surface area contributed by atoms with Gasteiger partial charge in [-0.3, -0.25) is 9.69 Å². The van der Waals surface area contributed by atoms with Crippen LogP contribution in [-0.2, 0) is 11.2 Å². The van der Waals surface area contributed by atoms with E-state index in [0.717, 1.165) is 44.9 Å². The summed E-state index contributed by atoms with van der Waals surface area (Å²) >= 11 is 0. The molecule has 2 fully saturated rings. The van der Waals surface area contributed by atoms with Crippen LogP contribution in [0.3, 0.4) is 0 Å². The minimum absolute atomic E-state index is 0.0393. The van der Waals surface area contributed by atoms with Crippen LogP contribution in [0.2, 0.25) is 0 Å². The average Bonchev–Trinajstić information content (AvgIpc) is 3.17. The Balaban J connectivity index is 1.55. The van der Waals surface area contributed by atoms with E-state index in [0.29, 0.717) is 13.2 Å². The maximum atomic E-state index is 13.1. The molecule has 3 amide bonds. The molecule has 26 heavy (non-hydrogen) atoms. The Morgan fingerprint density at radius 3 is 2.77 bits per heavy atom. The van der Waals surface area contributed by atoms with Crippen LogP contribution in [0.25, 0.3) is 0 Å². The fourth-order valence-corrected chi connectivity index (χ4v) is 4.84. The maximum Gasteiger partial charge on any atom is 0.326 e. The Hall–Kier alpha value is -2.14. The van der Waals surface area contributed by atoms with Crippen molar-refractivity contribution in [3.63, 3.8) is 0 Å². The number of nitrogens with one attached hydrogen (secondary N) is 1. The van der Waals surface area contributed by atoms with E-state index in [-0.39, 0.29) is 18.0 Å². The minimum atomic E-state index is -0.650. The van der Waals surface area contributed by atoms with Crippen LogP contribution in [0, 0.1) is 0 Å². The molecule has 2 aliphatic carbocycles. The number of rotatable bonds is 5. The van der Waals surface area contributed by atoms with Crippen molar-refractivity contribution < 1.29 is 9.59 Å². The van der Waals surface area contributed by atoms with E-state index in [1.807, 2.05) is 6.08 Å². The van der Waals surface area contributed by atoms with Crippen LogP contribution < -0.4 is 5.32 Å². The molecule has 1 aromatic carbocycles. The van der Waals surface area contributed by atoms with Crippen LogP contribution >= 0.6 is 0 Å². The van der Waals surface area contributed by atoms with Crippen LogP contribution in [0.1, 0.15) is 55.7 Å². The van der Waals surface area contributed by atoms with Crippen LogP contribution in [-0.4, -0.2) is 40.5 Å². The lowest BCUT2D eigenvalue weighted by molar-refractivity contribution is -0.134. The van der Waals surface area contributed by atoms with E-state index in [2.05, 4.69) is 41.1 Å². The van der Waals surface area contributed by atoms with Gasteiger partial charge in [-0.05, 0) is 36.8 Å². The molecule has 1 aliphatic heterocycles. The lowest BCUT2D eigenvalue weighted by atomic mass is 9.82. The monoisotopic (exact) mass is 353 g/mol. The molecule has 5 heteroatoms. The summed E-state index contributed by atoms with van der Waals surface area (Å²) in [5, 5.41) is 3.01. The van der Waals surface area contributed by atoms with E-state index in [9.17, 15) is 9.59 Å². The van der Waals surface area contributed by atoms with E-state index >= 15 is 0 Å². The highest BCUT2D eigenvalue weighted by Gasteiger charge is 2.51. The highest BCUT2D eigenvalue weighted by atomic mass is 16.2. The van der Waals surface area contributed by atoms with Crippen molar-refractivity contribution in [2.75, 3.05) is 13.2 Å². The molecule has 138 valence electrons. The fourth-order valence-electron chi connectivity index (χ4n) is 4.84. The van der Waals surface area contributed by atoms with Crippen LogP contribution in [0.15, 0.2) is 36.9 Å². The molecule has 1 unspecified atom stereocenters. The third-order valence-corrected chi connectivity index (χ3v) is 6.18. The second kappa shape index (κ2) is 6.88. The molecule has 0 radical (unpaired) electrons. The molecule has 1 saturated carbocycles. The lowest BCUT2D eigenvalue weighted by Crippen LogP contribution is -2.49. The first-order valence-electron chi connectivity index (χ1n) is 9.71. The summed E-state index contributed by atoms with van der Waals surface area (Å²) in [6.07, 6.45) is 8.60. The Bertz CT molecular complexity index is 724. The number of amides is 3. The number of hydrogen-bond acceptors (Lipinski definition) is 3. The summed E-state index contributed by atoms with van der Waals surface area (Å²) in [4.78, 5) is 29.3. The third kappa shape index (κ3) is 2.84. The van der Waals surface area contributed by atoms with Gasteiger partial charge in [0.2, 0.25) is 0 Å². The zero-order valence-electron chi connectivity index (χ0n) is 15.2. The average molecular weight is 353 g/mol. The van der Waals surface area contributed by atoms with E-state index in [4.69, 9.17) is 0 Å². The van der Waals surface area contributed by atoms with Gasteiger partial charge < -0.3 is 5.32 Å². The van der Waals surface area contributed by atoms with Crippen molar-refractivity contribution in [2.24, 2.45) is 0 Å². The quantitative estimate of drug-likeness (QED) is 0.652. The van der Waals surface area contributed by atoms with Gasteiger partial charge in [0.25, 0.3) is 5.91 Å². The van der Waals surface area contributed by atoms with Crippen LogP contribution in [0.4, 0.5) is 4.79 Å². The van der Waals surface area contributed by atoms with Gasteiger partial charge in [0.15, 0.2) is 0 Å². The highest BCUT2D eigenvalue weighted by Crippen LogP contribution is 2.37. The number of hydrogen-bond donors (Lipinski definition) is 1. The minimum Gasteiger partial charge on any atom is -0.323 e. The SMILES string of the molecule is C=CCN(CN1C(=O)NC2(CCCCC2)C1=O)C1CCc2ccccc21. The number of fused-ring (bicyclic) bond motifs is 1. The van der Waals surface area contributed by atoms with Gasteiger partial charge in [-0.15, -0.1) is 6.58 Å². The smallest absolute Gasteiger partial charge is 0.323 e. The number of aryl methyl sites for hydroxylation is 1. The standard InChI is InChI=1S/C21H27N3O2/c1-2-14-23(18-11-10-16-8-4-5-9-17(16)18)15-24-19(25)21(22-20(24)26)12-6-3-7-13-21/h2,4-5,8-9,18H,1,3,6-7,10-15H2,(H,22,26). The molecule has 1 atom stereocenters. The molecule has 1 aromatic rings. The number of imide groups is 1. The Morgan fingerprint density at radius 1 is 1.23 bits per heavy atom. The number of carbonyl (C=O) groups excluding carboxylic acids is 2. The lowest BCUT2D eigenvalue weighted by Gasteiger charge is -2.33. The zero-order chi connectivity index (χ0) is 18.1. The molecule has 1 N–H and O–H groups in total. The molecule has 4 rings (SSSR count). The van der Waals surface area contributed by atoms with Gasteiger partial charge >= 0.3 is 6.03 Å². The fraction of sp³-hybridized carbons (Fsp3) is 0.524. The van der Waals surface area contributed by atoms with Gasteiger partial charge in [0, 0.05) is 12.6 Å². The first-order chi connectivity index (χ1) is 12.6. The van der Waals surface area contributed by atoms with E-state index < -0.39 is 5.54 Å². The van der Waals surface area contributed by atoms with E-state index in [1.165, 1.54) is 16.0 Å². The van der Waals surface area contributed by atoms with Gasteiger partial charge in [0.05, 0.1) is 6.67 Å². The Morgan fingerprint density at radius 2 is 2.00 bits per heavy atom. The second-order valence-electron chi connectivity index (χ2n) is 7.76. The molecular weight excluding hydrogens is 326 g/mol. The van der Waals surface area contributed by atoms with Gasteiger partial charge in [-0.2, -0.15) is 0 Å². The van der Waals surface area contributed by atoms with Crippen molar-refractivity contribution >= 4 is 11.9 Å². The van der Waals surface area contributed by atoms with Gasteiger partial charge in [-0.25, -0.2) is 9.69 Å². The summed E-state index contributed by atoms with van der Waals surface area (Å²) in [5.74, 6) is -0.0393. The zero-order valence-corrected chi connectivity index (χ0v) is 15.2. The number of carbonyl (C=O) groups is 2. The third-order valence-electron chi connectivity index (χ3n) is 6.18. The second-order valence-corrected chi connectivity index (χ2v) is 7.76. The van der Waals surface area contributed by atoms with E-state index in [1.54, 1.807) is 0 Å². The summed E-state index contributed by atoms with van der Waals surface area (Å²) < 4.78 is 0. The number of benzene rings is 1. The van der Waals surface area contributed by atoms with Crippen molar-refractivity contribution in [3.05, 3.63) is 48.0 Å². The first kappa shape index (κ1) is 17.3. The predicted molar refractivity (Wildman–Crippen MR) is 100 cm³/mol. The van der Waals surface area contributed by atoms with Crippen molar-refractivity contribution in [2.45, 2.75) is 56.5 Å². The number of nitrogens with zero attached hydrogens (tertiary/aromatic N) is 2. The molecule has 1 spiro atoms. The summed E-state index contributed by atoms with van der Waals surface area (Å²) in [7, 11) is 0. The summed E-state index contributed by atoms with van der Waals surface area (Å²) in [6.45, 7) is 4.86. The Kier molecular flexibility index (Phi) is 4.57. The molecule has 0 aromatic heterocycles. The summed E-state index contributed by atoms with van der Waals surface area (Å²) in [5.41, 5.74) is 2.03. The van der Waals surface area contributed by atoms with Gasteiger partial charge in [-0.1, -0.05) is 49.6 Å². The normalized spacial score (nSPS) is 24.2. The topological polar surface area (TPSA) is 52.6 Å². The largest absolute Gasteiger partial charge is 0.326 e. The van der Waals surface area contributed by atoms with Crippen LogP contribution in [0.5, 0.6) is 0 Å². The molecule has 0 bridgehead atoms. The first-order valence-corrected chi connectivity index (χ1v) is 9.71.